The van der Waals surface area contributed by atoms with Crippen molar-refractivity contribution in [2.24, 2.45) is 0 Å². The summed E-state index contributed by atoms with van der Waals surface area (Å²) in [5, 5.41) is 3.19. The van der Waals surface area contributed by atoms with Crippen LogP contribution >= 0.6 is 19.3 Å². The Morgan fingerprint density at radius 2 is 1.97 bits per heavy atom. The van der Waals surface area contributed by atoms with Crippen LogP contribution in [0.25, 0.3) is 0 Å². The Morgan fingerprint density at radius 1 is 1.29 bits per heavy atom. The van der Waals surface area contributed by atoms with E-state index in [1.807, 2.05) is 11.9 Å². The van der Waals surface area contributed by atoms with E-state index in [4.69, 9.17) is 34.9 Å². The maximum absolute atomic E-state index is 13.9. The predicted molar refractivity (Wildman–Crippen MR) is 135 cm³/mol. The van der Waals surface area contributed by atoms with Crippen molar-refractivity contribution in [2.45, 2.75) is 64.6 Å². The van der Waals surface area contributed by atoms with Crippen LogP contribution in [-0.4, -0.2) is 46.7 Å². The molecule has 0 radical (unpaired) electrons. The van der Waals surface area contributed by atoms with Gasteiger partial charge in [-0.05, 0) is 51.5 Å². The van der Waals surface area contributed by atoms with E-state index in [-0.39, 0.29) is 12.2 Å². The molecule has 210 valence electrons. The standard InChI is InChI=1S/C23H30ClFN3O9P/c1-5-10-26-38(32,37-15-8-6-14(24)7-9-15)33-13-18-17(35-22(31)36-23(2,3)4)11-19(34-18)28-12-16(25)20(29)27-21(28)30/h6-9,12,17-19H,5,10-11,13H2,1-4H3,(H,26,32)(H,27,29,30)/t17-,18+,19+,38?/m0/s1. The number of carbonyl (C=O) groups excluding carboxylic acids is 1. The van der Waals surface area contributed by atoms with Crippen LogP contribution in [0.3, 0.4) is 0 Å². The van der Waals surface area contributed by atoms with Crippen LogP contribution < -0.4 is 20.9 Å². The Balaban J connectivity index is 1.82. The molecule has 1 fully saturated rings. The number of H-pyrrole nitrogens is 1. The summed E-state index contributed by atoms with van der Waals surface area (Å²) in [6, 6.07) is 6.13. The van der Waals surface area contributed by atoms with Crippen LogP contribution in [-0.2, 0) is 23.3 Å². The van der Waals surface area contributed by atoms with Gasteiger partial charge in [0.15, 0.2) is 0 Å². The number of hydrogen-bond donors (Lipinski definition) is 2. The monoisotopic (exact) mass is 577 g/mol. The minimum Gasteiger partial charge on any atom is -0.429 e. The molecule has 2 N–H and O–H groups in total. The minimum absolute atomic E-state index is 0.122. The van der Waals surface area contributed by atoms with E-state index in [0.717, 1.165) is 4.57 Å². The molecule has 2 aromatic rings. The molecule has 1 saturated heterocycles. The van der Waals surface area contributed by atoms with Crippen molar-refractivity contribution < 1.29 is 37.0 Å². The van der Waals surface area contributed by atoms with Gasteiger partial charge in [-0.1, -0.05) is 18.5 Å². The summed E-state index contributed by atoms with van der Waals surface area (Å²) in [6.07, 6.45) is -3.09. The zero-order chi connectivity index (χ0) is 28.1. The van der Waals surface area contributed by atoms with Gasteiger partial charge in [-0.25, -0.2) is 19.2 Å². The fraction of sp³-hybridized carbons (Fsp3) is 0.522. The second kappa shape index (κ2) is 12.4. The second-order valence-electron chi connectivity index (χ2n) is 9.38. The number of nitrogens with one attached hydrogen (secondary N) is 2. The van der Waals surface area contributed by atoms with Gasteiger partial charge in [0.05, 0.1) is 12.8 Å². The van der Waals surface area contributed by atoms with E-state index in [1.165, 1.54) is 12.1 Å². The number of aromatic amines is 1. The summed E-state index contributed by atoms with van der Waals surface area (Å²) in [4.78, 5) is 37.9. The number of halogens is 2. The zero-order valence-electron chi connectivity index (χ0n) is 21.3. The number of carbonyl (C=O) groups is 1. The summed E-state index contributed by atoms with van der Waals surface area (Å²) in [7, 11) is -3.96. The van der Waals surface area contributed by atoms with Gasteiger partial charge < -0.3 is 18.7 Å². The Bertz CT molecular complexity index is 1280. The first-order valence-corrected chi connectivity index (χ1v) is 13.7. The number of benzene rings is 1. The quantitative estimate of drug-likeness (QED) is 0.312. The fourth-order valence-corrected chi connectivity index (χ4v) is 4.95. The molecule has 1 aliphatic rings. The van der Waals surface area contributed by atoms with Gasteiger partial charge in [0.1, 0.15) is 29.8 Å². The molecule has 1 aliphatic heterocycles. The van der Waals surface area contributed by atoms with E-state index in [1.54, 1.807) is 32.9 Å². The van der Waals surface area contributed by atoms with Crippen LogP contribution in [0, 0.1) is 5.82 Å². The van der Waals surface area contributed by atoms with Gasteiger partial charge in [0.2, 0.25) is 5.82 Å². The van der Waals surface area contributed by atoms with Crippen molar-refractivity contribution in [1.82, 2.24) is 14.6 Å². The lowest BCUT2D eigenvalue weighted by Gasteiger charge is -2.25. The summed E-state index contributed by atoms with van der Waals surface area (Å²) in [5.41, 5.74) is -2.97. The first-order valence-electron chi connectivity index (χ1n) is 11.8. The lowest BCUT2D eigenvalue weighted by molar-refractivity contribution is -0.0666. The molecule has 0 spiro atoms. The molecule has 0 amide bonds. The van der Waals surface area contributed by atoms with Gasteiger partial charge in [0.25, 0.3) is 5.56 Å². The third-order valence-corrected chi connectivity index (χ3v) is 6.86. The third kappa shape index (κ3) is 8.40. The highest BCUT2D eigenvalue weighted by Crippen LogP contribution is 2.45. The Labute approximate surface area is 222 Å². The van der Waals surface area contributed by atoms with Gasteiger partial charge in [-0.2, -0.15) is 4.39 Å². The SMILES string of the molecule is CCCNP(=O)(OC[C@H]1O[C@@H](n2cc(F)c(=O)[nH]c2=O)C[C@@H]1OC(=O)OC(C)(C)C)Oc1ccc(Cl)cc1. The smallest absolute Gasteiger partial charge is 0.429 e. The van der Waals surface area contributed by atoms with Crippen molar-refractivity contribution in [1.29, 1.82) is 0 Å². The van der Waals surface area contributed by atoms with E-state index in [9.17, 15) is 23.3 Å². The van der Waals surface area contributed by atoms with Gasteiger partial charge in [-0.15, -0.1) is 0 Å². The summed E-state index contributed by atoms with van der Waals surface area (Å²) in [5.74, 6) is -0.981. The van der Waals surface area contributed by atoms with Crippen LogP contribution in [0.4, 0.5) is 9.18 Å². The normalized spacial score (nSPS) is 21.1. The molecule has 1 aromatic heterocycles. The molecular formula is C23H30ClFN3O9P. The predicted octanol–water partition coefficient (Wildman–Crippen LogP) is 4.14. The van der Waals surface area contributed by atoms with Crippen molar-refractivity contribution in [3.8, 4) is 5.75 Å². The number of hydrogen-bond acceptors (Lipinski definition) is 9. The number of rotatable bonds is 10. The molecule has 12 nitrogen and oxygen atoms in total. The Morgan fingerprint density at radius 3 is 2.61 bits per heavy atom. The molecule has 0 aliphatic carbocycles. The lowest BCUT2D eigenvalue weighted by atomic mass is 10.2. The van der Waals surface area contributed by atoms with Crippen molar-refractivity contribution in [3.63, 3.8) is 0 Å². The van der Waals surface area contributed by atoms with Gasteiger partial charge >= 0.3 is 19.6 Å². The van der Waals surface area contributed by atoms with Crippen LogP contribution in [0.5, 0.6) is 5.75 Å². The van der Waals surface area contributed by atoms with Gasteiger partial charge in [0, 0.05) is 18.0 Å². The van der Waals surface area contributed by atoms with E-state index >= 15 is 0 Å². The van der Waals surface area contributed by atoms with Crippen molar-refractivity contribution in [2.75, 3.05) is 13.2 Å². The van der Waals surface area contributed by atoms with Gasteiger partial charge in [-0.3, -0.25) is 18.9 Å². The highest BCUT2D eigenvalue weighted by Gasteiger charge is 2.42. The molecule has 4 atom stereocenters. The van der Waals surface area contributed by atoms with Crippen LogP contribution in [0.2, 0.25) is 5.02 Å². The average Bonchev–Trinajstić information content (AvgIpc) is 3.21. The maximum Gasteiger partial charge on any atom is 0.509 e. The fourth-order valence-electron chi connectivity index (χ4n) is 3.38. The van der Waals surface area contributed by atoms with E-state index in [0.29, 0.717) is 24.2 Å². The third-order valence-electron chi connectivity index (χ3n) is 5.06. The largest absolute Gasteiger partial charge is 0.509 e. The summed E-state index contributed by atoms with van der Waals surface area (Å²) < 4.78 is 55.8. The molecule has 38 heavy (non-hydrogen) atoms. The molecule has 2 heterocycles. The van der Waals surface area contributed by atoms with Crippen LogP contribution in [0.1, 0.15) is 46.8 Å². The first kappa shape index (κ1) is 29.9. The Kier molecular flexibility index (Phi) is 9.77. The highest BCUT2D eigenvalue weighted by molar-refractivity contribution is 7.52. The molecule has 0 saturated carbocycles. The maximum atomic E-state index is 13.9. The number of nitrogens with zero attached hydrogens (tertiary/aromatic N) is 1. The van der Waals surface area contributed by atoms with E-state index < -0.39 is 61.6 Å². The summed E-state index contributed by atoms with van der Waals surface area (Å²) in [6.45, 7) is 6.69. The molecule has 3 rings (SSSR count). The first-order chi connectivity index (χ1) is 17.8. The van der Waals surface area contributed by atoms with Crippen molar-refractivity contribution in [3.05, 3.63) is 62.1 Å². The second-order valence-corrected chi connectivity index (χ2v) is 11.6. The van der Waals surface area contributed by atoms with Crippen molar-refractivity contribution >= 4 is 25.5 Å². The average molecular weight is 578 g/mol. The zero-order valence-corrected chi connectivity index (χ0v) is 22.9. The Hall–Kier alpha value is -2.70. The number of ether oxygens (including phenoxy) is 3. The number of aromatic nitrogens is 2. The highest BCUT2D eigenvalue weighted by atomic mass is 35.5. The lowest BCUT2D eigenvalue weighted by Crippen LogP contribution is -2.34. The molecular weight excluding hydrogens is 548 g/mol. The topological polar surface area (TPSA) is 147 Å². The molecule has 1 aromatic carbocycles. The molecule has 15 heteroatoms. The van der Waals surface area contributed by atoms with Crippen LogP contribution in [0.15, 0.2) is 40.1 Å². The van der Waals surface area contributed by atoms with E-state index in [2.05, 4.69) is 5.09 Å². The minimum atomic E-state index is -3.96. The summed E-state index contributed by atoms with van der Waals surface area (Å²) >= 11 is 5.90. The molecule has 1 unspecified atom stereocenters. The molecule has 0 bridgehead atoms.